The van der Waals surface area contributed by atoms with Crippen molar-refractivity contribution in [3.05, 3.63) is 42.2 Å². The van der Waals surface area contributed by atoms with Gasteiger partial charge in [0.15, 0.2) is 0 Å². The van der Waals surface area contributed by atoms with E-state index in [1.54, 1.807) is 11.0 Å². The first kappa shape index (κ1) is 15.6. The molecule has 1 aliphatic heterocycles. The average Bonchev–Trinajstić information content (AvgIpc) is 3.09. The van der Waals surface area contributed by atoms with Gasteiger partial charge in [-0.15, -0.1) is 5.10 Å². The van der Waals surface area contributed by atoms with Crippen molar-refractivity contribution >= 4 is 5.91 Å². The molecular formula is C16H22N6O. The number of likely N-dealkylation sites (tertiary alicyclic amines) is 1. The van der Waals surface area contributed by atoms with Crippen LogP contribution < -0.4 is 5.32 Å². The van der Waals surface area contributed by atoms with Crippen LogP contribution in [0.1, 0.15) is 24.8 Å². The van der Waals surface area contributed by atoms with E-state index in [4.69, 9.17) is 0 Å². The lowest BCUT2D eigenvalue weighted by atomic mass is 10.0. The SMILES string of the molecule is O=C(NCCn1cnnn1)[C@@H]1CCCCN1Cc1ccccc1. The number of nitrogens with zero attached hydrogens (tertiary/aromatic N) is 5. The molecule has 2 aromatic rings. The van der Waals surface area contributed by atoms with Crippen LogP contribution in [0.5, 0.6) is 0 Å². The summed E-state index contributed by atoms with van der Waals surface area (Å²) in [5, 5.41) is 14.0. The van der Waals surface area contributed by atoms with Gasteiger partial charge in [-0.05, 0) is 35.4 Å². The third kappa shape index (κ3) is 4.35. The molecule has 122 valence electrons. The molecule has 1 aliphatic rings. The van der Waals surface area contributed by atoms with Gasteiger partial charge in [-0.2, -0.15) is 0 Å². The quantitative estimate of drug-likeness (QED) is 0.855. The number of benzene rings is 1. The standard InChI is InChI=1S/C16H22N6O/c23-16(17-9-11-22-13-18-19-20-22)15-8-4-5-10-21(15)12-14-6-2-1-3-7-14/h1-3,6-7,13,15H,4-5,8-12H2,(H,17,23)/t15-/m0/s1. The van der Waals surface area contributed by atoms with Crippen molar-refractivity contribution < 1.29 is 4.79 Å². The number of carbonyl (C=O) groups is 1. The number of rotatable bonds is 6. The highest BCUT2D eigenvalue weighted by atomic mass is 16.2. The molecule has 1 N–H and O–H groups in total. The molecule has 0 aliphatic carbocycles. The Balaban J connectivity index is 1.53. The van der Waals surface area contributed by atoms with Gasteiger partial charge in [-0.1, -0.05) is 36.8 Å². The molecule has 23 heavy (non-hydrogen) atoms. The van der Waals surface area contributed by atoms with Crippen LogP contribution in [0.3, 0.4) is 0 Å². The first-order chi connectivity index (χ1) is 11.3. The van der Waals surface area contributed by atoms with Gasteiger partial charge in [0.2, 0.25) is 5.91 Å². The molecule has 1 aromatic heterocycles. The van der Waals surface area contributed by atoms with E-state index in [1.807, 2.05) is 18.2 Å². The normalized spacial score (nSPS) is 18.7. The minimum atomic E-state index is -0.0437. The Morgan fingerprint density at radius 3 is 2.91 bits per heavy atom. The number of aromatic nitrogens is 4. The van der Waals surface area contributed by atoms with Crippen molar-refractivity contribution in [2.24, 2.45) is 0 Å². The zero-order chi connectivity index (χ0) is 15.9. The zero-order valence-electron chi connectivity index (χ0n) is 13.1. The van der Waals surface area contributed by atoms with Gasteiger partial charge in [0.1, 0.15) is 6.33 Å². The van der Waals surface area contributed by atoms with Crippen molar-refractivity contribution in [3.8, 4) is 0 Å². The highest BCUT2D eigenvalue weighted by Gasteiger charge is 2.28. The third-order valence-corrected chi connectivity index (χ3v) is 4.18. The Hall–Kier alpha value is -2.28. The van der Waals surface area contributed by atoms with E-state index in [0.29, 0.717) is 13.1 Å². The fourth-order valence-corrected chi connectivity index (χ4v) is 2.99. The van der Waals surface area contributed by atoms with E-state index >= 15 is 0 Å². The highest BCUT2D eigenvalue weighted by molar-refractivity contribution is 5.81. The highest BCUT2D eigenvalue weighted by Crippen LogP contribution is 2.19. The number of hydrogen-bond donors (Lipinski definition) is 1. The molecule has 1 saturated heterocycles. The summed E-state index contributed by atoms with van der Waals surface area (Å²) >= 11 is 0. The molecule has 0 saturated carbocycles. The van der Waals surface area contributed by atoms with Crippen LogP contribution in [-0.2, 0) is 17.9 Å². The Morgan fingerprint density at radius 2 is 2.13 bits per heavy atom. The molecule has 0 bridgehead atoms. The molecule has 3 rings (SSSR count). The molecule has 0 unspecified atom stereocenters. The number of piperidine rings is 1. The van der Waals surface area contributed by atoms with Crippen molar-refractivity contribution in [2.75, 3.05) is 13.1 Å². The van der Waals surface area contributed by atoms with Crippen LogP contribution in [0.25, 0.3) is 0 Å². The lowest BCUT2D eigenvalue weighted by Gasteiger charge is -2.34. The average molecular weight is 314 g/mol. The van der Waals surface area contributed by atoms with E-state index in [1.165, 1.54) is 5.56 Å². The minimum absolute atomic E-state index is 0.0437. The summed E-state index contributed by atoms with van der Waals surface area (Å²) < 4.78 is 1.61. The monoisotopic (exact) mass is 314 g/mol. The summed E-state index contributed by atoms with van der Waals surface area (Å²) in [6.45, 7) is 2.93. The second kappa shape index (κ2) is 7.82. The summed E-state index contributed by atoms with van der Waals surface area (Å²) in [5.74, 6) is 0.105. The Labute approximate surface area is 135 Å². The molecule has 1 aromatic carbocycles. The molecular weight excluding hydrogens is 292 g/mol. The smallest absolute Gasteiger partial charge is 0.237 e. The Bertz CT molecular complexity index is 600. The third-order valence-electron chi connectivity index (χ3n) is 4.18. The molecule has 0 spiro atoms. The fourth-order valence-electron chi connectivity index (χ4n) is 2.99. The number of nitrogens with one attached hydrogen (secondary N) is 1. The molecule has 1 atom stereocenters. The van der Waals surface area contributed by atoms with E-state index in [-0.39, 0.29) is 11.9 Å². The van der Waals surface area contributed by atoms with Gasteiger partial charge in [-0.25, -0.2) is 4.68 Å². The molecule has 1 fully saturated rings. The van der Waals surface area contributed by atoms with Crippen LogP contribution in [0.4, 0.5) is 0 Å². The second-order valence-electron chi connectivity index (χ2n) is 5.83. The van der Waals surface area contributed by atoms with Gasteiger partial charge >= 0.3 is 0 Å². The lowest BCUT2D eigenvalue weighted by molar-refractivity contribution is -0.127. The molecule has 7 heteroatoms. The Morgan fingerprint density at radius 1 is 1.26 bits per heavy atom. The van der Waals surface area contributed by atoms with Crippen LogP contribution in [-0.4, -0.2) is 50.1 Å². The second-order valence-corrected chi connectivity index (χ2v) is 5.83. The molecule has 1 amide bonds. The van der Waals surface area contributed by atoms with Crippen LogP contribution in [0.2, 0.25) is 0 Å². The number of hydrogen-bond acceptors (Lipinski definition) is 5. The van der Waals surface area contributed by atoms with E-state index in [9.17, 15) is 4.79 Å². The van der Waals surface area contributed by atoms with Crippen LogP contribution >= 0.6 is 0 Å². The van der Waals surface area contributed by atoms with Gasteiger partial charge < -0.3 is 5.32 Å². The maximum absolute atomic E-state index is 12.5. The van der Waals surface area contributed by atoms with Crippen LogP contribution in [0, 0.1) is 0 Å². The maximum atomic E-state index is 12.5. The summed E-state index contributed by atoms with van der Waals surface area (Å²) in [7, 11) is 0. The van der Waals surface area contributed by atoms with Gasteiger partial charge in [0.05, 0.1) is 12.6 Å². The van der Waals surface area contributed by atoms with E-state index < -0.39 is 0 Å². The zero-order valence-corrected chi connectivity index (χ0v) is 13.1. The van der Waals surface area contributed by atoms with E-state index in [0.717, 1.165) is 32.4 Å². The van der Waals surface area contributed by atoms with Gasteiger partial charge in [-0.3, -0.25) is 9.69 Å². The van der Waals surface area contributed by atoms with Crippen molar-refractivity contribution in [1.82, 2.24) is 30.4 Å². The number of tetrazole rings is 1. The van der Waals surface area contributed by atoms with Crippen molar-refractivity contribution in [2.45, 2.75) is 38.4 Å². The van der Waals surface area contributed by atoms with E-state index in [2.05, 4.69) is 37.9 Å². The van der Waals surface area contributed by atoms with Gasteiger partial charge in [0, 0.05) is 13.1 Å². The predicted octanol–water partition coefficient (Wildman–Crippen LogP) is 0.844. The first-order valence-corrected chi connectivity index (χ1v) is 8.09. The van der Waals surface area contributed by atoms with Crippen LogP contribution in [0.15, 0.2) is 36.7 Å². The molecule has 0 radical (unpaired) electrons. The summed E-state index contributed by atoms with van der Waals surface area (Å²) in [6.07, 6.45) is 4.73. The summed E-state index contributed by atoms with van der Waals surface area (Å²) in [6, 6.07) is 10.3. The lowest BCUT2D eigenvalue weighted by Crippen LogP contribution is -2.49. The summed E-state index contributed by atoms with van der Waals surface area (Å²) in [4.78, 5) is 14.8. The van der Waals surface area contributed by atoms with Crippen molar-refractivity contribution in [3.63, 3.8) is 0 Å². The molecule has 7 nitrogen and oxygen atoms in total. The number of carbonyl (C=O) groups excluding carboxylic acids is 1. The maximum Gasteiger partial charge on any atom is 0.237 e. The minimum Gasteiger partial charge on any atom is -0.353 e. The fraction of sp³-hybridized carbons (Fsp3) is 0.500. The largest absolute Gasteiger partial charge is 0.353 e. The van der Waals surface area contributed by atoms with Crippen molar-refractivity contribution in [1.29, 1.82) is 0 Å². The predicted molar refractivity (Wildman–Crippen MR) is 85.3 cm³/mol. The Kier molecular flexibility index (Phi) is 5.31. The molecule has 2 heterocycles. The van der Waals surface area contributed by atoms with Gasteiger partial charge in [0.25, 0.3) is 0 Å². The number of amides is 1. The first-order valence-electron chi connectivity index (χ1n) is 8.09. The topological polar surface area (TPSA) is 75.9 Å². The summed E-state index contributed by atoms with van der Waals surface area (Å²) in [5.41, 5.74) is 1.25.